The maximum Gasteiger partial charge on any atom is 0.391 e. The van der Waals surface area contributed by atoms with E-state index in [0.29, 0.717) is 11.5 Å². The number of benzene rings is 3. The summed E-state index contributed by atoms with van der Waals surface area (Å²) >= 11 is 0. The molecule has 0 aromatic heterocycles. The Kier molecular flexibility index (Phi) is 6.46. The van der Waals surface area contributed by atoms with Crippen LogP contribution in [-0.2, 0) is 21.6 Å². The molecule has 3 aromatic rings. The first kappa shape index (κ1) is 24.9. The third-order valence-corrected chi connectivity index (χ3v) is 8.77. The molecule has 0 fully saturated rings. The largest absolute Gasteiger partial charge is 0.439 e. The lowest BCUT2D eigenvalue weighted by molar-refractivity contribution is 0.363. The Morgan fingerprint density at radius 3 is 1.94 bits per heavy atom. The van der Waals surface area contributed by atoms with E-state index in [1.54, 1.807) is 0 Å². The number of fused-ring (bicyclic) bond motifs is 3. The van der Waals surface area contributed by atoms with Crippen LogP contribution in [0.15, 0.2) is 60.7 Å². The van der Waals surface area contributed by atoms with Crippen LogP contribution in [0.1, 0.15) is 58.2 Å². The van der Waals surface area contributed by atoms with Gasteiger partial charge in [-0.1, -0.05) is 90.1 Å². The first-order valence-corrected chi connectivity index (χ1v) is 14.3. The maximum atomic E-state index is 14.4. The van der Waals surface area contributed by atoms with Crippen molar-refractivity contribution in [3.05, 3.63) is 77.4 Å². The van der Waals surface area contributed by atoms with E-state index in [0.717, 1.165) is 33.1 Å². The van der Waals surface area contributed by atoms with Crippen LogP contribution < -0.4 is 14.4 Å². The van der Waals surface area contributed by atoms with E-state index < -0.39 is 16.0 Å². The smallest absolute Gasteiger partial charge is 0.391 e. The Hall–Kier alpha value is -2.16. The molecule has 1 aliphatic heterocycles. The Morgan fingerprint density at radius 2 is 1.38 bits per heavy atom. The summed E-state index contributed by atoms with van der Waals surface area (Å²) in [4.78, 5) is 19.4. The van der Waals surface area contributed by atoms with Gasteiger partial charge in [-0.2, -0.15) is 0 Å². The maximum absolute atomic E-state index is 14.4. The van der Waals surface area contributed by atoms with E-state index in [1.807, 2.05) is 102 Å². The van der Waals surface area contributed by atoms with E-state index in [4.69, 9.17) is 9.05 Å². The second-order valence-electron chi connectivity index (χ2n) is 10.8. The summed E-state index contributed by atoms with van der Waals surface area (Å²) < 4.78 is 26.3. The number of hydrogen-bond donors (Lipinski definition) is 2. The molecule has 0 saturated carbocycles. The van der Waals surface area contributed by atoms with E-state index in [-0.39, 0.29) is 17.0 Å². The zero-order chi connectivity index (χ0) is 24.9. The van der Waals surface area contributed by atoms with Gasteiger partial charge >= 0.3 is 8.60 Å². The molecule has 5 nitrogen and oxygen atoms in total. The van der Waals surface area contributed by atoms with Crippen LogP contribution in [0.4, 0.5) is 0 Å². The molecular formula is C27H32O5P2. The number of hydrogen-bond acceptors (Lipinski definition) is 5. The van der Waals surface area contributed by atoms with Gasteiger partial charge in [0.25, 0.3) is 7.37 Å². The van der Waals surface area contributed by atoms with E-state index >= 15 is 0 Å². The van der Waals surface area contributed by atoms with Gasteiger partial charge in [0.2, 0.25) is 0 Å². The van der Waals surface area contributed by atoms with Gasteiger partial charge in [0.1, 0.15) is 11.5 Å². The van der Waals surface area contributed by atoms with Crippen LogP contribution in [0.3, 0.4) is 0 Å². The molecule has 0 saturated heterocycles. The van der Waals surface area contributed by atoms with Crippen LogP contribution in [-0.4, -0.2) is 9.79 Å². The lowest BCUT2D eigenvalue weighted by Crippen LogP contribution is -2.21. The molecule has 180 valence electrons. The molecule has 1 unspecified atom stereocenters. The minimum Gasteiger partial charge on any atom is -0.439 e. The molecule has 34 heavy (non-hydrogen) atoms. The van der Waals surface area contributed by atoms with Crippen molar-refractivity contribution in [1.82, 2.24) is 0 Å². The topological polar surface area (TPSA) is 76.0 Å². The van der Waals surface area contributed by atoms with E-state index in [1.165, 1.54) is 0 Å². The zero-order valence-electron chi connectivity index (χ0n) is 20.5. The Balaban J connectivity index is 1.89. The number of rotatable bonds is 4. The van der Waals surface area contributed by atoms with Crippen molar-refractivity contribution < 1.29 is 23.4 Å². The SMILES string of the molecule is CC(C)(C)c1cc(CP2(=O)Oc3ccccc3-c3ccccc32)cc(C(C)(C)C)c1OP(O)O. The van der Waals surface area contributed by atoms with Gasteiger partial charge in [0, 0.05) is 16.7 Å². The van der Waals surface area contributed by atoms with Crippen molar-refractivity contribution in [3.63, 3.8) is 0 Å². The van der Waals surface area contributed by atoms with Gasteiger partial charge in [-0.05, 0) is 34.1 Å². The molecule has 0 amide bonds. The molecule has 4 rings (SSSR count). The zero-order valence-corrected chi connectivity index (χ0v) is 22.3. The molecule has 1 aliphatic rings. The predicted molar refractivity (Wildman–Crippen MR) is 139 cm³/mol. The van der Waals surface area contributed by atoms with Gasteiger partial charge in [-0.15, -0.1) is 0 Å². The normalized spacial score (nSPS) is 17.7. The van der Waals surface area contributed by atoms with Crippen LogP contribution in [0.5, 0.6) is 11.5 Å². The fraction of sp³-hybridized carbons (Fsp3) is 0.333. The molecular weight excluding hydrogens is 466 g/mol. The highest BCUT2D eigenvalue weighted by Crippen LogP contribution is 2.57. The monoisotopic (exact) mass is 498 g/mol. The fourth-order valence-corrected chi connectivity index (χ4v) is 7.12. The Bertz CT molecular complexity index is 1230. The Labute approximate surface area is 203 Å². The minimum atomic E-state index is -3.28. The summed E-state index contributed by atoms with van der Waals surface area (Å²) in [5.74, 6) is 1.11. The lowest BCUT2D eigenvalue weighted by Gasteiger charge is -2.32. The highest BCUT2D eigenvalue weighted by molar-refractivity contribution is 7.67. The second-order valence-corrected chi connectivity index (χ2v) is 13.8. The summed E-state index contributed by atoms with van der Waals surface area (Å²) in [5.41, 5.74) is 3.72. The first-order valence-electron chi connectivity index (χ1n) is 11.3. The van der Waals surface area contributed by atoms with Gasteiger partial charge in [0.05, 0.1) is 11.5 Å². The van der Waals surface area contributed by atoms with Gasteiger partial charge < -0.3 is 18.8 Å². The third-order valence-electron chi connectivity index (χ3n) is 6.02. The van der Waals surface area contributed by atoms with Crippen LogP contribution in [0.2, 0.25) is 0 Å². The molecule has 0 radical (unpaired) electrons. The quantitative estimate of drug-likeness (QED) is 0.378. The van der Waals surface area contributed by atoms with Crippen LogP contribution >= 0.6 is 16.0 Å². The summed E-state index contributed by atoms with van der Waals surface area (Å²) in [6.07, 6.45) is 0.220. The van der Waals surface area contributed by atoms with Crippen LogP contribution in [0, 0.1) is 0 Å². The van der Waals surface area contributed by atoms with Crippen molar-refractivity contribution in [2.75, 3.05) is 0 Å². The van der Waals surface area contributed by atoms with Crippen molar-refractivity contribution in [2.45, 2.75) is 58.5 Å². The molecule has 7 heteroatoms. The van der Waals surface area contributed by atoms with E-state index in [2.05, 4.69) is 0 Å². The van der Waals surface area contributed by atoms with Gasteiger partial charge in [-0.25, -0.2) is 0 Å². The molecule has 0 bridgehead atoms. The molecule has 0 spiro atoms. The minimum absolute atomic E-state index is 0.220. The molecule has 0 aliphatic carbocycles. The number of para-hydroxylation sites is 1. The highest BCUT2D eigenvalue weighted by Gasteiger charge is 2.37. The van der Waals surface area contributed by atoms with Gasteiger partial charge in [0.15, 0.2) is 0 Å². The van der Waals surface area contributed by atoms with Crippen molar-refractivity contribution >= 4 is 21.3 Å². The highest BCUT2D eigenvalue weighted by atomic mass is 31.2. The van der Waals surface area contributed by atoms with Crippen molar-refractivity contribution in [1.29, 1.82) is 0 Å². The lowest BCUT2D eigenvalue weighted by atomic mass is 9.78. The van der Waals surface area contributed by atoms with Crippen molar-refractivity contribution in [2.24, 2.45) is 0 Å². The molecule has 2 N–H and O–H groups in total. The van der Waals surface area contributed by atoms with E-state index in [9.17, 15) is 14.4 Å². The molecule has 1 atom stereocenters. The van der Waals surface area contributed by atoms with Gasteiger partial charge in [-0.3, -0.25) is 4.57 Å². The predicted octanol–water partition coefficient (Wildman–Crippen LogP) is 7.03. The fourth-order valence-electron chi connectivity index (χ4n) is 4.41. The summed E-state index contributed by atoms with van der Waals surface area (Å²) in [5, 5.41) is 0.720. The molecule has 3 aromatic carbocycles. The van der Waals surface area contributed by atoms with Crippen molar-refractivity contribution in [3.8, 4) is 22.6 Å². The first-order chi connectivity index (χ1) is 15.8. The second kappa shape index (κ2) is 8.81. The average molecular weight is 498 g/mol. The summed E-state index contributed by atoms with van der Waals surface area (Å²) in [7, 11) is -5.86. The standard InChI is InChI=1S/C27H32O5P2/c1-26(2,3)21-15-18(16-22(27(4,5)6)25(21)31-33(28)29)17-34(30)24-14-10-8-12-20(24)19-11-7-9-13-23(19)32-34/h7-16,28-29H,17H2,1-6H3. The van der Waals surface area contributed by atoms with Crippen LogP contribution in [0.25, 0.3) is 11.1 Å². The average Bonchev–Trinajstić information content (AvgIpc) is 2.73. The third kappa shape index (κ3) is 4.81. The molecule has 1 heterocycles. The summed E-state index contributed by atoms with van der Waals surface area (Å²) in [6.45, 7) is 12.3. The Morgan fingerprint density at radius 1 is 0.853 bits per heavy atom. The summed E-state index contributed by atoms with van der Waals surface area (Å²) in [6, 6.07) is 19.4.